The Labute approximate surface area is 170 Å². The lowest BCUT2D eigenvalue weighted by atomic mass is 10.0. The molecule has 3 aromatic rings. The highest BCUT2D eigenvalue weighted by Crippen LogP contribution is 2.29. The molecule has 0 bridgehead atoms. The summed E-state index contributed by atoms with van der Waals surface area (Å²) in [6.07, 6.45) is 1.49. The minimum Gasteiger partial charge on any atom is -0.422 e. The van der Waals surface area contributed by atoms with Crippen LogP contribution in [0.15, 0.2) is 59.7 Å². The van der Waals surface area contributed by atoms with Crippen LogP contribution in [0.25, 0.3) is 10.8 Å². The highest BCUT2D eigenvalue weighted by molar-refractivity contribution is 7.80. The summed E-state index contributed by atoms with van der Waals surface area (Å²) >= 11 is 16.7. The van der Waals surface area contributed by atoms with Crippen molar-refractivity contribution in [3.8, 4) is 5.75 Å². The number of nitrogens with zero attached hydrogens (tertiary/aromatic N) is 1. The van der Waals surface area contributed by atoms with E-state index in [9.17, 15) is 4.79 Å². The van der Waals surface area contributed by atoms with E-state index in [2.05, 4.69) is 10.5 Å². The van der Waals surface area contributed by atoms with Crippen LogP contribution in [-0.2, 0) is 0 Å². The maximum Gasteiger partial charge on any atom is 0.345 e. The van der Waals surface area contributed by atoms with Crippen LogP contribution in [-0.4, -0.2) is 17.3 Å². The number of hydrogen-bond acceptors (Lipinski definition) is 4. The number of carbonyl (C=O) groups is 1. The summed E-state index contributed by atoms with van der Waals surface area (Å²) in [5.74, 6) is -0.290. The number of hydrazone groups is 1. The Morgan fingerprint density at radius 3 is 2.67 bits per heavy atom. The first-order valence-electron chi connectivity index (χ1n) is 7.73. The summed E-state index contributed by atoms with van der Waals surface area (Å²) in [4.78, 5) is 12.6. The number of hydrogen-bond donors (Lipinski definition) is 2. The number of halogens is 2. The van der Waals surface area contributed by atoms with Crippen molar-refractivity contribution in [2.75, 3.05) is 0 Å². The molecule has 0 spiro atoms. The van der Waals surface area contributed by atoms with Gasteiger partial charge in [-0.2, -0.15) is 5.10 Å². The predicted molar refractivity (Wildman–Crippen MR) is 113 cm³/mol. The van der Waals surface area contributed by atoms with Gasteiger partial charge in [0.2, 0.25) is 0 Å². The molecule has 0 amide bonds. The van der Waals surface area contributed by atoms with E-state index in [4.69, 9.17) is 45.9 Å². The van der Waals surface area contributed by atoms with Crippen LogP contribution in [0.2, 0.25) is 10.0 Å². The fraction of sp³-hybridized carbons (Fsp3) is 0. The van der Waals surface area contributed by atoms with Gasteiger partial charge >= 0.3 is 5.97 Å². The van der Waals surface area contributed by atoms with Crippen molar-refractivity contribution in [3.63, 3.8) is 0 Å². The maximum atomic E-state index is 12.6. The first kappa shape index (κ1) is 19.1. The third-order valence-electron chi connectivity index (χ3n) is 3.65. The van der Waals surface area contributed by atoms with E-state index in [-0.39, 0.29) is 15.7 Å². The predicted octanol–water partition coefficient (Wildman–Crippen LogP) is 4.53. The largest absolute Gasteiger partial charge is 0.422 e. The van der Waals surface area contributed by atoms with Crippen molar-refractivity contribution in [3.05, 3.63) is 75.8 Å². The van der Waals surface area contributed by atoms with E-state index in [1.54, 1.807) is 12.1 Å². The number of fused-ring (bicyclic) bond motifs is 1. The van der Waals surface area contributed by atoms with Crippen molar-refractivity contribution in [1.82, 2.24) is 5.43 Å². The highest BCUT2D eigenvalue weighted by Gasteiger charge is 2.16. The second-order valence-corrected chi connectivity index (χ2v) is 6.73. The Morgan fingerprint density at radius 2 is 1.93 bits per heavy atom. The molecule has 3 N–H and O–H groups in total. The van der Waals surface area contributed by atoms with Gasteiger partial charge in [-0.3, -0.25) is 5.43 Å². The van der Waals surface area contributed by atoms with Gasteiger partial charge < -0.3 is 10.5 Å². The monoisotopic (exact) mass is 417 g/mol. The molecule has 0 radical (unpaired) electrons. The van der Waals surface area contributed by atoms with Gasteiger partial charge in [-0.25, -0.2) is 4.79 Å². The van der Waals surface area contributed by atoms with Crippen molar-refractivity contribution in [2.24, 2.45) is 10.8 Å². The highest BCUT2D eigenvalue weighted by atomic mass is 35.5. The first-order chi connectivity index (χ1) is 13.0. The second kappa shape index (κ2) is 8.35. The number of carbonyl (C=O) groups excluding carboxylic acids is 1. The van der Waals surface area contributed by atoms with Crippen LogP contribution in [0.1, 0.15) is 15.9 Å². The summed E-state index contributed by atoms with van der Waals surface area (Å²) in [7, 11) is 0. The fourth-order valence-electron chi connectivity index (χ4n) is 2.47. The van der Waals surface area contributed by atoms with Gasteiger partial charge in [0.15, 0.2) is 5.11 Å². The summed E-state index contributed by atoms with van der Waals surface area (Å²) in [5, 5.41) is 6.45. The standard InChI is InChI=1S/C19H13Cl2N3O2S/c20-12-6-7-14(16(21)9-12)18(25)26-17-8-5-11-3-1-2-4-13(11)15(17)10-23-24-19(22)27/h1-10H,(H3,22,24,27)/b23-10+. The van der Waals surface area contributed by atoms with Crippen molar-refractivity contribution in [2.45, 2.75) is 0 Å². The Balaban J connectivity index is 2.01. The van der Waals surface area contributed by atoms with Crippen LogP contribution >= 0.6 is 35.4 Å². The number of benzene rings is 3. The molecule has 0 heterocycles. The average Bonchev–Trinajstić information content (AvgIpc) is 2.62. The van der Waals surface area contributed by atoms with Crippen LogP contribution in [0.4, 0.5) is 0 Å². The molecule has 0 aromatic heterocycles. The van der Waals surface area contributed by atoms with Crippen LogP contribution in [0.5, 0.6) is 5.75 Å². The number of nitrogens with two attached hydrogens (primary N) is 1. The van der Waals surface area contributed by atoms with Crippen molar-refractivity contribution in [1.29, 1.82) is 0 Å². The van der Waals surface area contributed by atoms with E-state index in [0.29, 0.717) is 16.3 Å². The summed E-state index contributed by atoms with van der Waals surface area (Å²) in [6, 6.07) is 15.7. The van der Waals surface area contributed by atoms with Crippen LogP contribution < -0.4 is 15.9 Å². The Kier molecular flexibility index (Phi) is 5.91. The minimum atomic E-state index is -0.607. The van der Waals surface area contributed by atoms with Gasteiger partial charge in [0, 0.05) is 10.6 Å². The zero-order valence-corrected chi connectivity index (χ0v) is 16.1. The summed E-state index contributed by atoms with van der Waals surface area (Å²) < 4.78 is 5.57. The van der Waals surface area contributed by atoms with Gasteiger partial charge in [0.1, 0.15) is 5.75 Å². The number of esters is 1. The third kappa shape index (κ3) is 4.54. The fourth-order valence-corrected chi connectivity index (χ4v) is 3.01. The van der Waals surface area contributed by atoms with Crippen molar-refractivity contribution >= 4 is 63.5 Å². The number of thiocarbonyl (C=S) groups is 1. The van der Waals surface area contributed by atoms with Gasteiger partial charge in [0.25, 0.3) is 0 Å². The number of nitrogens with one attached hydrogen (secondary N) is 1. The topological polar surface area (TPSA) is 76.7 Å². The molecule has 0 aliphatic carbocycles. The normalized spacial score (nSPS) is 10.9. The molecule has 136 valence electrons. The summed E-state index contributed by atoms with van der Waals surface area (Å²) in [5.41, 5.74) is 8.68. The zero-order valence-electron chi connectivity index (χ0n) is 13.8. The average molecular weight is 418 g/mol. The lowest BCUT2D eigenvalue weighted by molar-refractivity contribution is 0.0735. The van der Waals surface area contributed by atoms with Gasteiger partial charge in [-0.15, -0.1) is 0 Å². The van der Waals surface area contributed by atoms with Crippen LogP contribution in [0.3, 0.4) is 0 Å². The SMILES string of the molecule is NC(=S)N/N=C/c1c(OC(=O)c2ccc(Cl)cc2Cl)ccc2ccccc12. The summed E-state index contributed by atoms with van der Waals surface area (Å²) in [6.45, 7) is 0. The van der Waals surface area contributed by atoms with Crippen molar-refractivity contribution < 1.29 is 9.53 Å². The molecule has 0 unspecified atom stereocenters. The van der Waals surface area contributed by atoms with E-state index in [1.165, 1.54) is 18.3 Å². The Bertz CT molecular complexity index is 1070. The molecule has 0 saturated carbocycles. The minimum absolute atomic E-state index is 0.0259. The molecular formula is C19H13Cl2N3O2S. The van der Waals surface area contributed by atoms with E-state index >= 15 is 0 Å². The van der Waals surface area contributed by atoms with Gasteiger partial charge in [0.05, 0.1) is 16.8 Å². The lowest BCUT2D eigenvalue weighted by Crippen LogP contribution is -2.24. The van der Waals surface area contributed by atoms with E-state index in [1.807, 2.05) is 30.3 Å². The van der Waals surface area contributed by atoms with E-state index in [0.717, 1.165) is 10.8 Å². The quantitative estimate of drug-likeness (QED) is 0.214. The Hall–Kier alpha value is -2.67. The second-order valence-electron chi connectivity index (χ2n) is 5.45. The number of ether oxygens (including phenoxy) is 1. The lowest BCUT2D eigenvalue weighted by Gasteiger charge is -2.11. The van der Waals surface area contributed by atoms with E-state index < -0.39 is 5.97 Å². The van der Waals surface area contributed by atoms with Gasteiger partial charge in [-0.1, -0.05) is 53.5 Å². The third-order valence-corrected chi connectivity index (χ3v) is 4.29. The molecule has 0 fully saturated rings. The molecule has 8 heteroatoms. The molecule has 3 rings (SSSR count). The zero-order chi connectivity index (χ0) is 19.4. The molecule has 27 heavy (non-hydrogen) atoms. The Morgan fingerprint density at radius 1 is 1.15 bits per heavy atom. The molecule has 0 saturated heterocycles. The first-order valence-corrected chi connectivity index (χ1v) is 8.89. The van der Waals surface area contributed by atoms with Gasteiger partial charge in [-0.05, 0) is 47.3 Å². The van der Waals surface area contributed by atoms with Crippen LogP contribution in [0, 0.1) is 0 Å². The molecule has 0 atom stereocenters. The molecule has 3 aromatic carbocycles. The maximum absolute atomic E-state index is 12.6. The molecule has 0 aliphatic rings. The molecule has 5 nitrogen and oxygen atoms in total. The molecular weight excluding hydrogens is 405 g/mol. The smallest absolute Gasteiger partial charge is 0.345 e. The molecule has 0 aliphatic heterocycles. The number of rotatable bonds is 4.